The van der Waals surface area contributed by atoms with Crippen molar-refractivity contribution < 1.29 is 4.74 Å². The van der Waals surface area contributed by atoms with Crippen LogP contribution in [0.3, 0.4) is 0 Å². The van der Waals surface area contributed by atoms with Crippen LogP contribution < -0.4 is 10.5 Å². The van der Waals surface area contributed by atoms with Gasteiger partial charge in [0.1, 0.15) is 10.6 Å². The molecule has 0 atom stereocenters. The van der Waals surface area contributed by atoms with Crippen molar-refractivity contribution >= 4 is 27.4 Å². The van der Waals surface area contributed by atoms with Crippen LogP contribution in [0.1, 0.15) is 0 Å². The molecule has 0 bridgehead atoms. The lowest BCUT2D eigenvalue weighted by molar-refractivity contribution is 0.383. The molecule has 0 aliphatic rings. The van der Waals surface area contributed by atoms with Crippen molar-refractivity contribution in [1.82, 2.24) is 9.97 Å². The lowest BCUT2D eigenvalue weighted by Gasteiger charge is -1.98. The van der Waals surface area contributed by atoms with Gasteiger partial charge in [-0.15, -0.1) is 11.3 Å². The molecule has 0 amide bonds. The molecular formula is C7H7N3OS. The first-order chi connectivity index (χ1) is 5.81. The molecule has 2 rings (SSSR count). The fraction of sp³-hybridized carbons (Fsp3) is 0.143. The SMILES string of the molecule is COc1nc(N)c2ccsc2n1. The summed E-state index contributed by atoms with van der Waals surface area (Å²) in [5.41, 5.74) is 5.65. The summed E-state index contributed by atoms with van der Waals surface area (Å²) < 4.78 is 4.88. The Morgan fingerprint density at radius 1 is 1.50 bits per heavy atom. The van der Waals surface area contributed by atoms with Crippen LogP contribution in [0.5, 0.6) is 6.01 Å². The minimum atomic E-state index is 0.322. The molecule has 2 aromatic rings. The lowest BCUT2D eigenvalue weighted by atomic mass is 10.4. The van der Waals surface area contributed by atoms with E-state index in [9.17, 15) is 0 Å². The van der Waals surface area contributed by atoms with E-state index in [1.54, 1.807) is 0 Å². The molecule has 5 heteroatoms. The first kappa shape index (κ1) is 7.30. The second-order valence-electron chi connectivity index (χ2n) is 2.23. The molecule has 2 aromatic heterocycles. The predicted molar refractivity (Wildman–Crippen MR) is 48.4 cm³/mol. The van der Waals surface area contributed by atoms with Gasteiger partial charge in [0, 0.05) is 0 Å². The third kappa shape index (κ3) is 0.984. The number of nitrogens with two attached hydrogens (primary N) is 1. The molecule has 4 nitrogen and oxygen atoms in total. The quantitative estimate of drug-likeness (QED) is 0.720. The van der Waals surface area contributed by atoms with Crippen molar-refractivity contribution in [2.45, 2.75) is 0 Å². The zero-order chi connectivity index (χ0) is 8.55. The normalized spacial score (nSPS) is 10.4. The maximum atomic E-state index is 5.65. The summed E-state index contributed by atoms with van der Waals surface area (Å²) in [5, 5.41) is 2.82. The summed E-state index contributed by atoms with van der Waals surface area (Å²) in [7, 11) is 1.52. The number of aromatic nitrogens is 2. The van der Waals surface area contributed by atoms with E-state index in [2.05, 4.69) is 9.97 Å². The van der Waals surface area contributed by atoms with Gasteiger partial charge in [-0.1, -0.05) is 0 Å². The molecule has 2 N–H and O–H groups in total. The summed E-state index contributed by atoms with van der Waals surface area (Å²) in [6.45, 7) is 0. The van der Waals surface area contributed by atoms with Crippen LogP contribution in [0.4, 0.5) is 5.82 Å². The Kier molecular flexibility index (Phi) is 1.58. The van der Waals surface area contributed by atoms with Gasteiger partial charge < -0.3 is 10.5 Å². The zero-order valence-electron chi connectivity index (χ0n) is 6.44. The number of anilines is 1. The van der Waals surface area contributed by atoms with Crippen molar-refractivity contribution in [1.29, 1.82) is 0 Å². The van der Waals surface area contributed by atoms with Gasteiger partial charge in [-0.2, -0.15) is 9.97 Å². The highest BCUT2D eigenvalue weighted by atomic mass is 32.1. The van der Waals surface area contributed by atoms with E-state index in [-0.39, 0.29) is 0 Å². The van der Waals surface area contributed by atoms with E-state index in [1.165, 1.54) is 18.4 Å². The van der Waals surface area contributed by atoms with E-state index < -0.39 is 0 Å². The highest BCUT2D eigenvalue weighted by molar-refractivity contribution is 7.16. The van der Waals surface area contributed by atoms with Crippen molar-refractivity contribution in [2.24, 2.45) is 0 Å². The predicted octanol–water partition coefficient (Wildman–Crippen LogP) is 1.28. The second kappa shape index (κ2) is 2.60. The fourth-order valence-electron chi connectivity index (χ4n) is 0.949. The maximum Gasteiger partial charge on any atom is 0.319 e. The highest BCUT2D eigenvalue weighted by Gasteiger charge is 2.04. The minimum Gasteiger partial charge on any atom is -0.467 e. The van der Waals surface area contributed by atoms with Gasteiger partial charge in [0.15, 0.2) is 0 Å². The van der Waals surface area contributed by atoms with Crippen molar-refractivity contribution in [3.05, 3.63) is 11.4 Å². The van der Waals surface area contributed by atoms with Crippen molar-refractivity contribution in [3.8, 4) is 6.01 Å². The summed E-state index contributed by atoms with van der Waals surface area (Å²) >= 11 is 1.52. The van der Waals surface area contributed by atoms with E-state index in [0.29, 0.717) is 11.8 Å². The molecule has 0 saturated carbocycles. The van der Waals surface area contributed by atoms with E-state index in [1.807, 2.05) is 11.4 Å². The van der Waals surface area contributed by atoms with Crippen LogP contribution in [-0.4, -0.2) is 17.1 Å². The summed E-state index contributed by atoms with van der Waals surface area (Å²) in [5.74, 6) is 0.470. The van der Waals surface area contributed by atoms with Gasteiger partial charge in [-0.25, -0.2) is 0 Å². The Morgan fingerprint density at radius 2 is 2.33 bits per heavy atom. The molecule has 62 valence electrons. The molecule has 0 aromatic carbocycles. The number of ether oxygens (including phenoxy) is 1. The Bertz CT molecular complexity index is 412. The number of thiophene rings is 1. The molecule has 0 aliphatic heterocycles. The second-order valence-corrected chi connectivity index (χ2v) is 3.13. The lowest BCUT2D eigenvalue weighted by Crippen LogP contribution is -1.96. The minimum absolute atomic E-state index is 0.322. The summed E-state index contributed by atoms with van der Waals surface area (Å²) in [6.07, 6.45) is 0. The number of rotatable bonds is 1. The van der Waals surface area contributed by atoms with E-state index >= 15 is 0 Å². The van der Waals surface area contributed by atoms with Crippen LogP contribution in [0.2, 0.25) is 0 Å². The van der Waals surface area contributed by atoms with Crippen molar-refractivity contribution in [2.75, 3.05) is 12.8 Å². The molecule has 0 aliphatic carbocycles. The number of hydrogen-bond acceptors (Lipinski definition) is 5. The van der Waals surface area contributed by atoms with Gasteiger partial charge in [0.05, 0.1) is 12.5 Å². The Morgan fingerprint density at radius 3 is 3.08 bits per heavy atom. The molecule has 12 heavy (non-hydrogen) atoms. The molecule has 0 spiro atoms. The zero-order valence-corrected chi connectivity index (χ0v) is 7.26. The molecular weight excluding hydrogens is 174 g/mol. The molecule has 2 heterocycles. The number of fused-ring (bicyclic) bond motifs is 1. The van der Waals surface area contributed by atoms with Crippen LogP contribution in [0.15, 0.2) is 11.4 Å². The van der Waals surface area contributed by atoms with Crippen LogP contribution >= 0.6 is 11.3 Å². The summed E-state index contributed by atoms with van der Waals surface area (Å²) in [6, 6.07) is 2.22. The Hall–Kier alpha value is -1.36. The standard InChI is InChI=1S/C7H7N3OS/c1-11-7-9-5(8)4-2-3-12-6(4)10-7/h2-3H,1H3,(H2,8,9,10). The van der Waals surface area contributed by atoms with E-state index in [4.69, 9.17) is 10.5 Å². The van der Waals surface area contributed by atoms with Crippen LogP contribution in [0, 0.1) is 0 Å². The smallest absolute Gasteiger partial charge is 0.319 e. The maximum absolute atomic E-state index is 5.65. The fourth-order valence-corrected chi connectivity index (χ4v) is 1.71. The third-order valence-corrected chi connectivity index (χ3v) is 2.32. The molecule has 0 radical (unpaired) electrons. The Balaban J connectivity index is 2.75. The highest BCUT2D eigenvalue weighted by Crippen LogP contribution is 2.24. The molecule has 0 fully saturated rings. The van der Waals surface area contributed by atoms with Gasteiger partial charge >= 0.3 is 6.01 Å². The average molecular weight is 181 g/mol. The third-order valence-electron chi connectivity index (χ3n) is 1.52. The Labute approximate surface area is 73.0 Å². The largest absolute Gasteiger partial charge is 0.467 e. The van der Waals surface area contributed by atoms with Gasteiger partial charge in [-0.3, -0.25) is 0 Å². The van der Waals surface area contributed by atoms with Crippen LogP contribution in [-0.2, 0) is 0 Å². The first-order valence-electron chi connectivity index (χ1n) is 3.36. The number of nitrogens with zero attached hydrogens (tertiary/aromatic N) is 2. The van der Waals surface area contributed by atoms with Crippen LogP contribution in [0.25, 0.3) is 10.2 Å². The van der Waals surface area contributed by atoms with Gasteiger partial charge in [0.25, 0.3) is 0 Å². The number of methoxy groups -OCH3 is 1. The first-order valence-corrected chi connectivity index (χ1v) is 4.24. The number of hydrogen-bond donors (Lipinski definition) is 1. The average Bonchev–Trinajstić information content (AvgIpc) is 2.52. The number of nitrogen functional groups attached to an aromatic ring is 1. The van der Waals surface area contributed by atoms with E-state index in [0.717, 1.165) is 10.2 Å². The topological polar surface area (TPSA) is 61.0 Å². The summed E-state index contributed by atoms with van der Waals surface area (Å²) in [4.78, 5) is 8.92. The van der Waals surface area contributed by atoms with Gasteiger partial charge in [-0.05, 0) is 11.4 Å². The van der Waals surface area contributed by atoms with Gasteiger partial charge in [0.2, 0.25) is 0 Å². The van der Waals surface area contributed by atoms with Crippen molar-refractivity contribution in [3.63, 3.8) is 0 Å². The molecule has 0 unspecified atom stereocenters. The monoisotopic (exact) mass is 181 g/mol. The molecule has 0 saturated heterocycles.